The second-order valence-electron chi connectivity index (χ2n) is 4.58. The fraction of sp³-hybridized carbons (Fsp3) is 0.545. The van der Waals surface area contributed by atoms with Crippen LogP contribution in [0.15, 0.2) is 15.9 Å². The van der Waals surface area contributed by atoms with Gasteiger partial charge < -0.3 is 0 Å². The molecule has 0 saturated heterocycles. The summed E-state index contributed by atoms with van der Waals surface area (Å²) in [6, 6.07) is 1.93. The van der Waals surface area contributed by atoms with Gasteiger partial charge in [0.2, 0.25) is 0 Å². The van der Waals surface area contributed by atoms with Crippen molar-refractivity contribution in [3.8, 4) is 0 Å². The standard InChI is InChI=1S/C11H15BrOS/c1-11(2,3)6-4-9(13)10-8(12)5-7-14-10/h5,7H,4,6H2,1-3H3. The second kappa shape index (κ2) is 4.58. The van der Waals surface area contributed by atoms with Crippen molar-refractivity contribution in [3.63, 3.8) is 0 Å². The lowest BCUT2D eigenvalue weighted by molar-refractivity contribution is 0.0969. The molecule has 0 saturated carbocycles. The Bertz CT molecular complexity index is 322. The molecule has 1 nitrogen and oxygen atoms in total. The maximum absolute atomic E-state index is 11.8. The van der Waals surface area contributed by atoms with Crippen molar-refractivity contribution in [2.45, 2.75) is 33.6 Å². The lowest BCUT2D eigenvalue weighted by atomic mass is 9.89. The van der Waals surface area contributed by atoms with Crippen LogP contribution in [0.5, 0.6) is 0 Å². The molecular formula is C11H15BrOS. The van der Waals surface area contributed by atoms with Gasteiger partial charge in [-0.1, -0.05) is 20.8 Å². The average molecular weight is 275 g/mol. The number of carbonyl (C=O) groups excluding carboxylic acids is 1. The van der Waals surface area contributed by atoms with Crippen molar-refractivity contribution < 1.29 is 4.79 Å². The van der Waals surface area contributed by atoms with E-state index in [0.29, 0.717) is 6.42 Å². The fourth-order valence-electron chi connectivity index (χ4n) is 1.09. The van der Waals surface area contributed by atoms with E-state index in [1.165, 1.54) is 11.3 Å². The maximum Gasteiger partial charge on any atom is 0.173 e. The highest BCUT2D eigenvalue weighted by atomic mass is 79.9. The fourth-order valence-corrected chi connectivity index (χ4v) is 2.66. The van der Waals surface area contributed by atoms with E-state index in [1.54, 1.807) is 0 Å². The van der Waals surface area contributed by atoms with Crippen LogP contribution in [0.2, 0.25) is 0 Å². The SMILES string of the molecule is CC(C)(C)CCC(=O)c1sccc1Br. The summed E-state index contributed by atoms with van der Waals surface area (Å²) < 4.78 is 0.932. The summed E-state index contributed by atoms with van der Waals surface area (Å²) in [4.78, 5) is 12.6. The van der Waals surface area contributed by atoms with Gasteiger partial charge in [0, 0.05) is 10.9 Å². The lowest BCUT2D eigenvalue weighted by Gasteiger charge is -2.16. The van der Waals surface area contributed by atoms with Crippen LogP contribution in [0.3, 0.4) is 0 Å². The third-order valence-electron chi connectivity index (χ3n) is 1.97. The van der Waals surface area contributed by atoms with Crippen LogP contribution in [-0.4, -0.2) is 5.78 Å². The first-order valence-electron chi connectivity index (χ1n) is 4.66. The molecule has 0 bridgehead atoms. The molecule has 0 spiro atoms. The van der Waals surface area contributed by atoms with Gasteiger partial charge in [-0.25, -0.2) is 0 Å². The van der Waals surface area contributed by atoms with Gasteiger partial charge >= 0.3 is 0 Å². The largest absolute Gasteiger partial charge is 0.293 e. The van der Waals surface area contributed by atoms with Gasteiger partial charge in [0.1, 0.15) is 0 Å². The Balaban J connectivity index is 2.56. The molecule has 0 radical (unpaired) electrons. The number of ketones is 1. The number of hydrogen-bond acceptors (Lipinski definition) is 2. The Morgan fingerprint density at radius 1 is 1.50 bits per heavy atom. The van der Waals surface area contributed by atoms with Gasteiger partial charge in [0.15, 0.2) is 5.78 Å². The number of rotatable bonds is 3. The molecular weight excluding hydrogens is 260 g/mol. The first-order valence-corrected chi connectivity index (χ1v) is 6.33. The molecule has 3 heteroatoms. The molecule has 0 fully saturated rings. The first-order chi connectivity index (χ1) is 6.40. The summed E-state index contributed by atoms with van der Waals surface area (Å²) in [7, 11) is 0. The minimum absolute atomic E-state index is 0.236. The molecule has 0 aliphatic heterocycles. The monoisotopic (exact) mass is 274 g/mol. The molecule has 0 aliphatic rings. The molecule has 0 N–H and O–H groups in total. The van der Waals surface area contributed by atoms with Crippen molar-refractivity contribution in [2.75, 3.05) is 0 Å². The average Bonchev–Trinajstić information content (AvgIpc) is 2.46. The zero-order valence-electron chi connectivity index (χ0n) is 8.76. The zero-order chi connectivity index (χ0) is 10.8. The van der Waals surface area contributed by atoms with E-state index in [-0.39, 0.29) is 11.2 Å². The van der Waals surface area contributed by atoms with Gasteiger partial charge in [0.05, 0.1) is 4.88 Å². The van der Waals surface area contributed by atoms with Crippen LogP contribution in [-0.2, 0) is 0 Å². The molecule has 1 heterocycles. The molecule has 0 aromatic carbocycles. The van der Waals surface area contributed by atoms with Gasteiger partial charge in [-0.3, -0.25) is 4.79 Å². The number of hydrogen-bond donors (Lipinski definition) is 0. The number of thiophene rings is 1. The lowest BCUT2D eigenvalue weighted by Crippen LogP contribution is -2.08. The van der Waals surface area contributed by atoms with Crippen LogP contribution in [0.25, 0.3) is 0 Å². The quantitative estimate of drug-likeness (QED) is 0.741. The molecule has 0 unspecified atom stereocenters. The Kier molecular flexibility index (Phi) is 3.90. The summed E-state index contributed by atoms with van der Waals surface area (Å²) in [5.41, 5.74) is 0.236. The normalized spacial score (nSPS) is 11.7. The number of halogens is 1. The summed E-state index contributed by atoms with van der Waals surface area (Å²) in [6.45, 7) is 6.47. The van der Waals surface area contributed by atoms with E-state index in [0.717, 1.165) is 15.8 Å². The third kappa shape index (κ3) is 3.54. The van der Waals surface area contributed by atoms with E-state index in [4.69, 9.17) is 0 Å². The summed E-state index contributed by atoms with van der Waals surface area (Å²) in [5, 5.41) is 1.94. The van der Waals surface area contributed by atoms with Crippen LogP contribution >= 0.6 is 27.3 Å². The van der Waals surface area contributed by atoms with Gasteiger partial charge in [-0.15, -0.1) is 11.3 Å². The van der Waals surface area contributed by atoms with E-state index < -0.39 is 0 Å². The van der Waals surface area contributed by atoms with Crippen molar-refractivity contribution in [1.82, 2.24) is 0 Å². The molecule has 14 heavy (non-hydrogen) atoms. The van der Waals surface area contributed by atoms with Crippen LogP contribution in [0.1, 0.15) is 43.3 Å². The van der Waals surface area contributed by atoms with Crippen LogP contribution < -0.4 is 0 Å². The summed E-state index contributed by atoms with van der Waals surface area (Å²) in [6.07, 6.45) is 1.58. The molecule has 1 aromatic heterocycles. The first kappa shape index (κ1) is 11.9. The predicted molar refractivity (Wildman–Crippen MR) is 65.0 cm³/mol. The number of Topliss-reactive ketones (excluding diaryl/α,β-unsaturated/α-hetero) is 1. The zero-order valence-corrected chi connectivity index (χ0v) is 11.2. The smallest absolute Gasteiger partial charge is 0.173 e. The Hall–Kier alpha value is -0.150. The highest BCUT2D eigenvalue weighted by Crippen LogP contribution is 2.27. The Labute approximate surface area is 97.7 Å². The Morgan fingerprint density at radius 2 is 2.14 bits per heavy atom. The van der Waals surface area contributed by atoms with Crippen molar-refractivity contribution in [3.05, 3.63) is 20.8 Å². The predicted octanol–water partition coefficient (Wildman–Crippen LogP) is 4.52. The summed E-state index contributed by atoms with van der Waals surface area (Å²) in [5.74, 6) is 0.252. The van der Waals surface area contributed by atoms with Crippen molar-refractivity contribution in [1.29, 1.82) is 0 Å². The third-order valence-corrected chi connectivity index (χ3v) is 3.85. The maximum atomic E-state index is 11.8. The van der Waals surface area contributed by atoms with Crippen LogP contribution in [0.4, 0.5) is 0 Å². The second-order valence-corrected chi connectivity index (χ2v) is 6.35. The molecule has 1 rings (SSSR count). The Morgan fingerprint density at radius 3 is 2.57 bits per heavy atom. The molecule has 1 aromatic rings. The molecule has 0 atom stereocenters. The van der Waals surface area contributed by atoms with Gasteiger partial charge in [-0.2, -0.15) is 0 Å². The van der Waals surface area contributed by atoms with E-state index in [1.807, 2.05) is 11.4 Å². The van der Waals surface area contributed by atoms with E-state index in [2.05, 4.69) is 36.7 Å². The van der Waals surface area contributed by atoms with Gasteiger partial charge in [0.25, 0.3) is 0 Å². The van der Waals surface area contributed by atoms with E-state index >= 15 is 0 Å². The summed E-state index contributed by atoms with van der Waals surface area (Å²) >= 11 is 4.89. The van der Waals surface area contributed by atoms with Crippen molar-refractivity contribution >= 4 is 33.0 Å². The van der Waals surface area contributed by atoms with Crippen LogP contribution in [0, 0.1) is 5.41 Å². The molecule has 0 aliphatic carbocycles. The van der Waals surface area contributed by atoms with E-state index in [9.17, 15) is 4.79 Å². The molecule has 0 amide bonds. The topological polar surface area (TPSA) is 17.1 Å². The highest BCUT2D eigenvalue weighted by Gasteiger charge is 2.16. The highest BCUT2D eigenvalue weighted by molar-refractivity contribution is 9.10. The number of carbonyl (C=O) groups is 1. The van der Waals surface area contributed by atoms with Gasteiger partial charge in [-0.05, 0) is 39.2 Å². The molecule has 78 valence electrons. The minimum Gasteiger partial charge on any atom is -0.293 e. The van der Waals surface area contributed by atoms with Crippen molar-refractivity contribution in [2.24, 2.45) is 5.41 Å². The minimum atomic E-state index is 0.236.